The number of hydrogen-bond acceptors (Lipinski definition) is 3. The number of alkyl halides is 3. The summed E-state index contributed by atoms with van der Waals surface area (Å²) < 4.78 is 52.1. The van der Waals surface area contributed by atoms with Gasteiger partial charge in [-0.05, 0) is 60.9 Å². The lowest BCUT2D eigenvalue weighted by Gasteiger charge is -2.13. The van der Waals surface area contributed by atoms with Crippen molar-refractivity contribution in [1.82, 2.24) is 4.98 Å². The summed E-state index contributed by atoms with van der Waals surface area (Å²) in [5, 5.41) is 19.0. The molecule has 0 saturated heterocycles. The van der Waals surface area contributed by atoms with Crippen molar-refractivity contribution in [3.05, 3.63) is 59.4 Å². The standard InChI is InChI=1S/C19H15F4NO2/c20-15-5-3-12(10-17(15)26)18-11(2-1-7-25)8-13-9-14(19(21,22)23)4-6-16(13)24-18/h3-6,8-10,25-26H,1-2,7H2. The molecule has 0 fully saturated rings. The van der Waals surface area contributed by atoms with Gasteiger partial charge in [0.25, 0.3) is 0 Å². The molecule has 0 aliphatic rings. The van der Waals surface area contributed by atoms with Crippen LogP contribution >= 0.6 is 0 Å². The molecule has 0 atom stereocenters. The molecule has 0 aliphatic heterocycles. The first-order valence-corrected chi connectivity index (χ1v) is 7.90. The SMILES string of the molecule is OCCCc1cc2cc(C(F)(F)F)ccc2nc1-c1ccc(F)c(O)c1. The monoisotopic (exact) mass is 365 g/mol. The minimum absolute atomic E-state index is 0.0886. The van der Waals surface area contributed by atoms with E-state index in [4.69, 9.17) is 5.11 Å². The Morgan fingerprint density at radius 2 is 1.77 bits per heavy atom. The molecule has 0 bridgehead atoms. The molecule has 0 radical (unpaired) electrons. The summed E-state index contributed by atoms with van der Waals surface area (Å²) in [6.45, 7) is -0.0886. The summed E-state index contributed by atoms with van der Waals surface area (Å²) in [6.07, 6.45) is -3.68. The summed E-state index contributed by atoms with van der Waals surface area (Å²) in [5.74, 6) is -1.31. The van der Waals surface area contributed by atoms with E-state index in [1.54, 1.807) is 6.07 Å². The maximum absolute atomic E-state index is 13.3. The molecule has 0 amide bonds. The quantitative estimate of drug-likeness (QED) is 0.660. The maximum atomic E-state index is 13.3. The molecular weight excluding hydrogens is 350 g/mol. The topological polar surface area (TPSA) is 53.4 Å². The lowest BCUT2D eigenvalue weighted by atomic mass is 9.99. The number of benzene rings is 2. The number of nitrogens with zero attached hydrogens (tertiary/aromatic N) is 1. The van der Waals surface area contributed by atoms with Crippen molar-refractivity contribution in [2.75, 3.05) is 6.61 Å². The summed E-state index contributed by atoms with van der Waals surface area (Å²) in [5.41, 5.74) is 1.06. The number of pyridine rings is 1. The number of phenolic OH excluding ortho intramolecular Hbond substituents is 1. The zero-order valence-electron chi connectivity index (χ0n) is 13.5. The Morgan fingerprint density at radius 1 is 1.00 bits per heavy atom. The fourth-order valence-corrected chi connectivity index (χ4v) is 2.77. The van der Waals surface area contributed by atoms with Gasteiger partial charge in [-0.15, -0.1) is 0 Å². The number of halogens is 4. The molecule has 3 rings (SSSR count). The molecule has 3 aromatic rings. The summed E-state index contributed by atoms with van der Waals surface area (Å²) >= 11 is 0. The average molecular weight is 365 g/mol. The molecule has 0 aliphatic carbocycles. The van der Waals surface area contributed by atoms with E-state index in [0.717, 1.165) is 18.2 Å². The molecule has 0 unspecified atom stereocenters. The van der Waals surface area contributed by atoms with Crippen LogP contribution in [0.15, 0.2) is 42.5 Å². The van der Waals surface area contributed by atoms with Crippen LogP contribution in [0, 0.1) is 5.82 Å². The summed E-state index contributed by atoms with van der Waals surface area (Å²) in [4.78, 5) is 4.41. The average Bonchev–Trinajstić information content (AvgIpc) is 2.60. The van der Waals surface area contributed by atoms with Crippen LogP contribution in [0.1, 0.15) is 17.5 Å². The highest BCUT2D eigenvalue weighted by molar-refractivity contribution is 5.84. The summed E-state index contributed by atoms with van der Waals surface area (Å²) in [7, 11) is 0. The van der Waals surface area contributed by atoms with Crippen LogP contribution in [0.25, 0.3) is 22.2 Å². The fraction of sp³-hybridized carbons (Fsp3) is 0.211. The Hall–Kier alpha value is -2.67. The third-order valence-electron chi connectivity index (χ3n) is 4.04. The highest BCUT2D eigenvalue weighted by Gasteiger charge is 2.30. The Kier molecular flexibility index (Phi) is 4.82. The van der Waals surface area contributed by atoms with Gasteiger partial charge in [-0.2, -0.15) is 13.2 Å². The number of aromatic hydroxyl groups is 1. The van der Waals surface area contributed by atoms with Crippen LogP contribution in [0.3, 0.4) is 0 Å². The van der Waals surface area contributed by atoms with Crippen molar-refractivity contribution in [1.29, 1.82) is 0 Å². The van der Waals surface area contributed by atoms with Gasteiger partial charge in [0.05, 0.1) is 16.8 Å². The molecule has 0 spiro atoms. The van der Waals surface area contributed by atoms with Crippen LogP contribution in [-0.4, -0.2) is 21.8 Å². The third kappa shape index (κ3) is 3.62. The number of phenols is 1. The van der Waals surface area contributed by atoms with E-state index in [0.29, 0.717) is 40.6 Å². The van der Waals surface area contributed by atoms with E-state index < -0.39 is 23.3 Å². The van der Waals surface area contributed by atoms with Gasteiger partial charge in [0.2, 0.25) is 0 Å². The normalized spacial score (nSPS) is 11.9. The number of rotatable bonds is 4. The van der Waals surface area contributed by atoms with Crippen molar-refractivity contribution in [2.24, 2.45) is 0 Å². The van der Waals surface area contributed by atoms with E-state index >= 15 is 0 Å². The Balaban J connectivity index is 2.18. The lowest BCUT2D eigenvalue weighted by molar-refractivity contribution is -0.137. The van der Waals surface area contributed by atoms with E-state index in [1.165, 1.54) is 18.2 Å². The first-order valence-electron chi connectivity index (χ1n) is 7.90. The van der Waals surface area contributed by atoms with Crippen LogP contribution in [0.4, 0.5) is 17.6 Å². The second-order valence-electron chi connectivity index (χ2n) is 5.89. The Labute approximate surface area is 146 Å². The van der Waals surface area contributed by atoms with E-state index in [-0.39, 0.29) is 6.61 Å². The second-order valence-corrected chi connectivity index (χ2v) is 5.89. The minimum Gasteiger partial charge on any atom is -0.505 e. The van der Waals surface area contributed by atoms with Crippen molar-refractivity contribution in [3.8, 4) is 17.0 Å². The van der Waals surface area contributed by atoms with Gasteiger partial charge < -0.3 is 10.2 Å². The zero-order chi connectivity index (χ0) is 18.9. The molecule has 1 aromatic heterocycles. The number of aryl methyl sites for hydroxylation is 1. The molecule has 26 heavy (non-hydrogen) atoms. The molecular formula is C19H15F4NO2. The van der Waals surface area contributed by atoms with Gasteiger partial charge in [-0.1, -0.05) is 0 Å². The fourth-order valence-electron chi connectivity index (χ4n) is 2.77. The summed E-state index contributed by atoms with van der Waals surface area (Å²) in [6, 6.07) is 8.60. The van der Waals surface area contributed by atoms with Crippen molar-refractivity contribution in [2.45, 2.75) is 19.0 Å². The minimum atomic E-state index is -4.46. The first kappa shape index (κ1) is 18.1. The van der Waals surface area contributed by atoms with Crippen LogP contribution in [0.2, 0.25) is 0 Å². The highest BCUT2D eigenvalue weighted by atomic mass is 19.4. The molecule has 136 valence electrons. The van der Waals surface area contributed by atoms with Crippen LogP contribution in [-0.2, 0) is 12.6 Å². The van der Waals surface area contributed by atoms with Gasteiger partial charge in [-0.25, -0.2) is 9.37 Å². The molecule has 0 saturated carbocycles. The van der Waals surface area contributed by atoms with Crippen molar-refractivity contribution >= 4 is 10.9 Å². The number of aliphatic hydroxyl groups is 1. The number of aliphatic hydroxyl groups excluding tert-OH is 1. The van der Waals surface area contributed by atoms with E-state index in [2.05, 4.69) is 4.98 Å². The molecule has 7 heteroatoms. The number of aromatic nitrogens is 1. The van der Waals surface area contributed by atoms with Gasteiger partial charge in [-0.3, -0.25) is 0 Å². The Morgan fingerprint density at radius 3 is 2.42 bits per heavy atom. The van der Waals surface area contributed by atoms with Crippen LogP contribution < -0.4 is 0 Å². The van der Waals surface area contributed by atoms with Gasteiger partial charge >= 0.3 is 6.18 Å². The van der Waals surface area contributed by atoms with Crippen LogP contribution in [0.5, 0.6) is 5.75 Å². The van der Waals surface area contributed by atoms with E-state index in [9.17, 15) is 22.7 Å². The van der Waals surface area contributed by atoms with Gasteiger partial charge in [0, 0.05) is 17.6 Å². The molecule has 3 nitrogen and oxygen atoms in total. The smallest absolute Gasteiger partial charge is 0.416 e. The van der Waals surface area contributed by atoms with Crippen molar-refractivity contribution < 1.29 is 27.8 Å². The predicted octanol–water partition coefficient (Wildman–Crippen LogP) is 4.69. The molecule has 2 aromatic carbocycles. The number of hydrogen-bond donors (Lipinski definition) is 2. The molecule has 2 N–H and O–H groups in total. The highest BCUT2D eigenvalue weighted by Crippen LogP contribution is 2.34. The number of fused-ring (bicyclic) bond motifs is 1. The Bertz CT molecular complexity index is 954. The van der Waals surface area contributed by atoms with Crippen molar-refractivity contribution in [3.63, 3.8) is 0 Å². The van der Waals surface area contributed by atoms with Gasteiger partial charge in [0.1, 0.15) is 0 Å². The first-order chi connectivity index (χ1) is 12.3. The predicted molar refractivity (Wildman–Crippen MR) is 89.2 cm³/mol. The second kappa shape index (κ2) is 6.92. The largest absolute Gasteiger partial charge is 0.505 e. The lowest BCUT2D eigenvalue weighted by Crippen LogP contribution is -2.05. The third-order valence-corrected chi connectivity index (χ3v) is 4.04. The maximum Gasteiger partial charge on any atom is 0.416 e. The molecule has 1 heterocycles. The zero-order valence-corrected chi connectivity index (χ0v) is 13.5. The van der Waals surface area contributed by atoms with Gasteiger partial charge in [0.15, 0.2) is 11.6 Å². The van der Waals surface area contributed by atoms with E-state index in [1.807, 2.05) is 0 Å².